The van der Waals surface area contributed by atoms with Gasteiger partial charge < -0.3 is 9.84 Å². The topological polar surface area (TPSA) is 95.0 Å². The Hall–Kier alpha value is -3.23. The third-order valence-electron chi connectivity index (χ3n) is 5.53. The van der Waals surface area contributed by atoms with E-state index in [-0.39, 0.29) is 30.5 Å². The van der Waals surface area contributed by atoms with E-state index in [4.69, 9.17) is 4.52 Å². The molecule has 1 amide bonds. The Morgan fingerprint density at radius 1 is 1.33 bits per heavy atom. The van der Waals surface area contributed by atoms with Gasteiger partial charge in [0.25, 0.3) is 0 Å². The van der Waals surface area contributed by atoms with Gasteiger partial charge in [-0.2, -0.15) is 5.10 Å². The molecule has 0 spiro atoms. The molecule has 9 heteroatoms. The van der Waals surface area contributed by atoms with Gasteiger partial charge in [-0.3, -0.25) is 9.36 Å². The minimum absolute atomic E-state index is 0.157. The summed E-state index contributed by atoms with van der Waals surface area (Å²) >= 11 is 0. The van der Waals surface area contributed by atoms with Crippen LogP contribution in [0.15, 0.2) is 33.6 Å². The first kappa shape index (κ1) is 20.1. The third kappa shape index (κ3) is 3.92. The monoisotopic (exact) mass is 413 g/mol. The van der Waals surface area contributed by atoms with Crippen LogP contribution in [-0.2, 0) is 24.3 Å². The normalized spacial score (nSPS) is 16.2. The molecule has 3 heterocycles. The molecular formula is C21H24FN5O3. The van der Waals surface area contributed by atoms with E-state index in [1.807, 2.05) is 6.92 Å². The van der Waals surface area contributed by atoms with Crippen LogP contribution in [0.2, 0.25) is 0 Å². The number of hydrogen-bond acceptors (Lipinski definition) is 5. The van der Waals surface area contributed by atoms with Crippen molar-refractivity contribution in [3.8, 4) is 0 Å². The van der Waals surface area contributed by atoms with Gasteiger partial charge in [0.05, 0.1) is 12.2 Å². The van der Waals surface area contributed by atoms with Gasteiger partial charge in [0.15, 0.2) is 0 Å². The van der Waals surface area contributed by atoms with E-state index >= 15 is 0 Å². The number of amides is 1. The molecule has 2 aromatic heterocycles. The van der Waals surface area contributed by atoms with Crippen molar-refractivity contribution in [3.05, 3.63) is 69.0 Å². The second-order valence-electron chi connectivity index (χ2n) is 7.64. The zero-order valence-corrected chi connectivity index (χ0v) is 17.0. The molecule has 1 aliphatic rings. The van der Waals surface area contributed by atoms with Crippen molar-refractivity contribution in [1.29, 1.82) is 0 Å². The van der Waals surface area contributed by atoms with Crippen molar-refractivity contribution >= 4 is 5.91 Å². The van der Waals surface area contributed by atoms with Crippen LogP contribution in [-0.4, -0.2) is 25.4 Å². The lowest BCUT2D eigenvalue weighted by atomic mass is 10.1. The maximum atomic E-state index is 13.5. The van der Waals surface area contributed by atoms with Crippen LogP contribution in [0.5, 0.6) is 0 Å². The molecule has 4 rings (SSSR count). The molecule has 1 N–H and O–H groups in total. The number of carbonyl (C=O) groups is 1. The highest BCUT2D eigenvalue weighted by Gasteiger charge is 2.29. The van der Waals surface area contributed by atoms with Crippen LogP contribution < -0.4 is 11.0 Å². The maximum Gasteiger partial charge on any atom is 0.346 e. The van der Waals surface area contributed by atoms with Crippen LogP contribution in [0.3, 0.4) is 0 Å². The number of aromatic nitrogens is 4. The number of fused-ring (bicyclic) bond motifs is 1. The van der Waals surface area contributed by atoms with Gasteiger partial charge in [0.1, 0.15) is 23.4 Å². The van der Waals surface area contributed by atoms with Gasteiger partial charge in [-0.05, 0) is 44.4 Å². The van der Waals surface area contributed by atoms with Gasteiger partial charge in [0.2, 0.25) is 5.91 Å². The van der Waals surface area contributed by atoms with Gasteiger partial charge in [-0.1, -0.05) is 23.7 Å². The smallest absolute Gasteiger partial charge is 0.346 e. The summed E-state index contributed by atoms with van der Waals surface area (Å²) < 4.78 is 21.4. The third-order valence-corrected chi connectivity index (χ3v) is 5.53. The molecule has 0 aliphatic carbocycles. The largest absolute Gasteiger partial charge is 0.361 e. The fraction of sp³-hybridized carbons (Fsp3) is 0.429. The number of benzene rings is 1. The van der Waals surface area contributed by atoms with Crippen molar-refractivity contribution in [2.75, 3.05) is 0 Å². The second kappa shape index (κ2) is 8.25. The summed E-state index contributed by atoms with van der Waals surface area (Å²) in [6.07, 6.45) is 2.87. The van der Waals surface area contributed by atoms with Crippen LogP contribution >= 0.6 is 0 Å². The first-order valence-electron chi connectivity index (χ1n) is 10.1. The van der Waals surface area contributed by atoms with Crippen LogP contribution in [0.1, 0.15) is 53.7 Å². The fourth-order valence-corrected chi connectivity index (χ4v) is 3.91. The van der Waals surface area contributed by atoms with Crippen LogP contribution in [0, 0.1) is 19.7 Å². The highest BCUT2D eigenvalue weighted by Crippen LogP contribution is 2.22. The van der Waals surface area contributed by atoms with Gasteiger partial charge in [-0.25, -0.2) is 13.9 Å². The highest BCUT2D eigenvalue weighted by molar-refractivity contribution is 5.80. The average molecular weight is 413 g/mol. The molecule has 1 unspecified atom stereocenters. The summed E-state index contributed by atoms with van der Waals surface area (Å²) in [5.41, 5.74) is 1.86. The average Bonchev–Trinajstić information content (AvgIpc) is 3.09. The molecule has 1 aromatic carbocycles. The minimum atomic E-state index is -0.628. The summed E-state index contributed by atoms with van der Waals surface area (Å²) in [5, 5.41) is 11.3. The Labute approximate surface area is 172 Å². The number of hydrogen-bond donors (Lipinski definition) is 1. The summed E-state index contributed by atoms with van der Waals surface area (Å²) in [5.74, 6) is 0.657. The molecule has 158 valence electrons. The van der Waals surface area contributed by atoms with Crippen molar-refractivity contribution < 1.29 is 13.7 Å². The van der Waals surface area contributed by atoms with E-state index in [2.05, 4.69) is 15.6 Å². The fourth-order valence-electron chi connectivity index (χ4n) is 3.91. The number of nitrogens with zero attached hydrogens (tertiary/aromatic N) is 4. The summed E-state index contributed by atoms with van der Waals surface area (Å²) in [4.78, 5) is 26.1. The molecule has 0 bridgehead atoms. The molecule has 0 radical (unpaired) electrons. The lowest BCUT2D eigenvalue weighted by Crippen LogP contribution is -2.38. The van der Waals surface area contributed by atoms with Gasteiger partial charge >= 0.3 is 5.69 Å². The minimum Gasteiger partial charge on any atom is -0.361 e. The maximum absolute atomic E-state index is 13.5. The molecule has 8 nitrogen and oxygen atoms in total. The molecule has 0 fully saturated rings. The number of halogens is 1. The van der Waals surface area contributed by atoms with Crippen molar-refractivity contribution in [3.63, 3.8) is 0 Å². The van der Waals surface area contributed by atoms with E-state index in [1.54, 1.807) is 19.1 Å². The van der Waals surface area contributed by atoms with Crippen molar-refractivity contribution in [1.82, 2.24) is 24.8 Å². The van der Waals surface area contributed by atoms with Crippen molar-refractivity contribution in [2.24, 2.45) is 0 Å². The predicted octanol–water partition coefficient (Wildman–Crippen LogP) is 2.42. The molecular weight excluding hydrogens is 389 g/mol. The Morgan fingerprint density at radius 2 is 2.17 bits per heavy atom. The Morgan fingerprint density at radius 3 is 2.90 bits per heavy atom. The molecule has 1 atom stereocenters. The lowest BCUT2D eigenvalue weighted by Gasteiger charge is -2.16. The summed E-state index contributed by atoms with van der Waals surface area (Å²) in [6, 6.07) is 5.45. The van der Waals surface area contributed by atoms with Gasteiger partial charge in [-0.15, -0.1) is 0 Å². The SMILES string of the molecule is Cc1noc(C)c1CNC(=O)C1CCCCc2nn(Cc3cccc(F)c3)c(=O)n21. The first-order valence-corrected chi connectivity index (χ1v) is 10.1. The Balaban J connectivity index is 1.58. The van der Waals surface area contributed by atoms with E-state index < -0.39 is 6.04 Å². The molecule has 0 saturated carbocycles. The lowest BCUT2D eigenvalue weighted by molar-refractivity contribution is -0.124. The quantitative estimate of drug-likeness (QED) is 0.693. The highest BCUT2D eigenvalue weighted by atomic mass is 19.1. The number of carbonyl (C=O) groups excluding carboxylic acids is 1. The molecule has 1 aliphatic heterocycles. The van der Waals surface area contributed by atoms with E-state index in [0.717, 1.165) is 24.1 Å². The van der Waals surface area contributed by atoms with Crippen molar-refractivity contribution in [2.45, 2.75) is 58.7 Å². The summed E-state index contributed by atoms with van der Waals surface area (Å²) in [7, 11) is 0. The Kier molecular flexibility index (Phi) is 5.52. The zero-order valence-electron chi connectivity index (χ0n) is 17.0. The van der Waals surface area contributed by atoms with Gasteiger partial charge in [0, 0.05) is 18.5 Å². The van der Waals surface area contributed by atoms with Crippen LogP contribution in [0.25, 0.3) is 0 Å². The molecule has 3 aromatic rings. The standard InChI is InChI=1S/C21H24FN5O3/c1-13-17(14(2)30-25-13)11-23-20(28)18-8-3-4-9-19-24-26(21(29)27(18)19)12-15-6-5-7-16(22)10-15/h5-7,10,18H,3-4,8-9,11-12H2,1-2H3,(H,23,28). The van der Waals surface area contributed by atoms with Crippen LogP contribution in [0.4, 0.5) is 4.39 Å². The molecule has 0 saturated heterocycles. The number of nitrogens with one attached hydrogen (secondary N) is 1. The second-order valence-corrected chi connectivity index (χ2v) is 7.64. The summed E-state index contributed by atoms with van der Waals surface area (Å²) in [6.45, 7) is 4.07. The predicted molar refractivity (Wildman–Crippen MR) is 106 cm³/mol. The zero-order chi connectivity index (χ0) is 21.3. The first-order chi connectivity index (χ1) is 14.4. The van der Waals surface area contributed by atoms with E-state index in [9.17, 15) is 14.0 Å². The Bertz CT molecular complexity index is 1110. The van der Waals surface area contributed by atoms with E-state index in [1.165, 1.54) is 21.4 Å². The molecule has 30 heavy (non-hydrogen) atoms. The number of aryl methyl sites for hydroxylation is 3. The van der Waals surface area contributed by atoms with E-state index in [0.29, 0.717) is 30.0 Å². The number of rotatable bonds is 5.